The summed E-state index contributed by atoms with van der Waals surface area (Å²) < 4.78 is 0.961. The number of nitrogens with one attached hydrogen (secondary N) is 1. The standard InChI is InChI=1S/C10H15BrN2O/c1-2-12-7-10(14)5-9-4-3-8(11)6-13-9/h3-4,6,10,12,14H,2,5,7H2,1H3. The van der Waals surface area contributed by atoms with Crippen LogP contribution in [0.2, 0.25) is 0 Å². The molecule has 0 saturated heterocycles. The number of aliphatic hydroxyl groups is 1. The zero-order valence-electron chi connectivity index (χ0n) is 8.20. The van der Waals surface area contributed by atoms with Gasteiger partial charge in [0, 0.05) is 29.3 Å². The first-order valence-corrected chi connectivity index (χ1v) is 5.51. The number of aromatic nitrogens is 1. The minimum absolute atomic E-state index is 0.358. The van der Waals surface area contributed by atoms with Crippen LogP contribution in [0, 0.1) is 0 Å². The zero-order chi connectivity index (χ0) is 10.4. The van der Waals surface area contributed by atoms with E-state index in [0.29, 0.717) is 13.0 Å². The minimum Gasteiger partial charge on any atom is -0.391 e. The predicted octanol–water partition coefficient (Wildman–Crippen LogP) is 1.36. The van der Waals surface area contributed by atoms with Crippen molar-refractivity contribution in [1.29, 1.82) is 0 Å². The largest absolute Gasteiger partial charge is 0.391 e. The summed E-state index contributed by atoms with van der Waals surface area (Å²) in [6, 6.07) is 3.85. The van der Waals surface area contributed by atoms with E-state index in [9.17, 15) is 5.11 Å². The summed E-state index contributed by atoms with van der Waals surface area (Å²) in [5.41, 5.74) is 0.915. The van der Waals surface area contributed by atoms with Gasteiger partial charge >= 0.3 is 0 Å². The van der Waals surface area contributed by atoms with Gasteiger partial charge in [-0.25, -0.2) is 0 Å². The molecule has 0 aliphatic heterocycles. The molecule has 0 amide bonds. The number of rotatable bonds is 5. The molecule has 1 aromatic heterocycles. The van der Waals surface area contributed by atoms with Gasteiger partial charge in [-0.2, -0.15) is 0 Å². The summed E-state index contributed by atoms with van der Waals surface area (Å²) in [4.78, 5) is 4.19. The van der Waals surface area contributed by atoms with E-state index >= 15 is 0 Å². The summed E-state index contributed by atoms with van der Waals surface area (Å²) in [5.74, 6) is 0. The van der Waals surface area contributed by atoms with Crippen LogP contribution in [0.5, 0.6) is 0 Å². The molecule has 4 heteroatoms. The molecule has 2 N–H and O–H groups in total. The molecule has 0 aliphatic carbocycles. The molecule has 1 aromatic rings. The van der Waals surface area contributed by atoms with Gasteiger partial charge in [0.15, 0.2) is 0 Å². The first-order chi connectivity index (χ1) is 6.72. The van der Waals surface area contributed by atoms with Gasteiger partial charge < -0.3 is 10.4 Å². The Morgan fingerprint density at radius 2 is 2.36 bits per heavy atom. The van der Waals surface area contributed by atoms with Gasteiger partial charge in [-0.1, -0.05) is 6.92 Å². The predicted molar refractivity (Wildman–Crippen MR) is 60.2 cm³/mol. The first-order valence-electron chi connectivity index (χ1n) is 4.71. The highest BCUT2D eigenvalue weighted by Crippen LogP contribution is 2.08. The third-order valence-electron chi connectivity index (χ3n) is 1.86. The molecule has 0 saturated carbocycles. The van der Waals surface area contributed by atoms with Crippen molar-refractivity contribution in [1.82, 2.24) is 10.3 Å². The molecule has 0 radical (unpaired) electrons. The fourth-order valence-corrected chi connectivity index (χ4v) is 1.39. The van der Waals surface area contributed by atoms with Gasteiger partial charge in [0.25, 0.3) is 0 Å². The van der Waals surface area contributed by atoms with E-state index in [2.05, 4.69) is 26.2 Å². The molecule has 0 aliphatic rings. The quantitative estimate of drug-likeness (QED) is 0.839. The number of hydrogen-bond acceptors (Lipinski definition) is 3. The van der Waals surface area contributed by atoms with Crippen LogP contribution in [0.1, 0.15) is 12.6 Å². The molecule has 1 rings (SSSR count). The average molecular weight is 259 g/mol. The van der Waals surface area contributed by atoms with Crippen LogP contribution < -0.4 is 5.32 Å². The number of nitrogens with zero attached hydrogens (tertiary/aromatic N) is 1. The molecule has 1 atom stereocenters. The fourth-order valence-electron chi connectivity index (χ4n) is 1.15. The SMILES string of the molecule is CCNCC(O)Cc1ccc(Br)cn1. The minimum atomic E-state index is -0.358. The maximum Gasteiger partial charge on any atom is 0.0719 e. The maximum atomic E-state index is 9.59. The Bertz CT molecular complexity index is 263. The molecule has 3 nitrogen and oxygen atoms in total. The normalized spacial score (nSPS) is 12.8. The number of pyridine rings is 1. The lowest BCUT2D eigenvalue weighted by Crippen LogP contribution is -2.28. The van der Waals surface area contributed by atoms with Gasteiger partial charge in [-0.15, -0.1) is 0 Å². The second-order valence-electron chi connectivity index (χ2n) is 3.13. The number of hydrogen-bond donors (Lipinski definition) is 2. The van der Waals surface area contributed by atoms with Gasteiger partial charge in [0.05, 0.1) is 6.10 Å². The van der Waals surface area contributed by atoms with Gasteiger partial charge in [0.1, 0.15) is 0 Å². The first kappa shape index (κ1) is 11.6. The Labute approximate surface area is 92.7 Å². The lowest BCUT2D eigenvalue weighted by molar-refractivity contribution is 0.171. The van der Waals surface area contributed by atoms with E-state index < -0.39 is 0 Å². The van der Waals surface area contributed by atoms with Crippen molar-refractivity contribution in [3.05, 3.63) is 28.5 Å². The Morgan fingerprint density at radius 3 is 2.93 bits per heavy atom. The Balaban J connectivity index is 2.39. The van der Waals surface area contributed by atoms with E-state index in [0.717, 1.165) is 16.7 Å². The number of likely N-dealkylation sites (N-methyl/N-ethyl adjacent to an activating group) is 1. The van der Waals surface area contributed by atoms with Crippen molar-refractivity contribution in [3.63, 3.8) is 0 Å². The summed E-state index contributed by atoms with van der Waals surface area (Å²) in [7, 11) is 0. The van der Waals surface area contributed by atoms with Crippen LogP contribution >= 0.6 is 15.9 Å². The van der Waals surface area contributed by atoms with E-state index in [1.807, 2.05) is 19.1 Å². The third-order valence-corrected chi connectivity index (χ3v) is 2.33. The van der Waals surface area contributed by atoms with Crippen molar-refractivity contribution in [2.75, 3.05) is 13.1 Å². The van der Waals surface area contributed by atoms with Crippen LogP contribution in [0.4, 0.5) is 0 Å². The Kier molecular flexibility index (Phi) is 5.07. The zero-order valence-corrected chi connectivity index (χ0v) is 9.79. The second-order valence-corrected chi connectivity index (χ2v) is 4.05. The molecule has 0 spiro atoms. The van der Waals surface area contributed by atoms with E-state index in [4.69, 9.17) is 0 Å². The van der Waals surface area contributed by atoms with E-state index in [1.165, 1.54) is 0 Å². The highest BCUT2D eigenvalue weighted by molar-refractivity contribution is 9.10. The van der Waals surface area contributed by atoms with Crippen LogP contribution in [0.3, 0.4) is 0 Å². The summed E-state index contributed by atoms with van der Waals surface area (Å²) >= 11 is 3.32. The summed E-state index contributed by atoms with van der Waals surface area (Å²) in [6.45, 7) is 3.52. The van der Waals surface area contributed by atoms with Crippen molar-refractivity contribution in [2.45, 2.75) is 19.4 Å². The molecule has 14 heavy (non-hydrogen) atoms. The monoisotopic (exact) mass is 258 g/mol. The Morgan fingerprint density at radius 1 is 1.57 bits per heavy atom. The average Bonchev–Trinajstić information content (AvgIpc) is 2.18. The van der Waals surface area contributed by atoms with Crippen molar-refractivity contribution < 1.29 is 5.11 Å². The van der Waals surface area contributed by atoms with E-state index in [-0.39, 0.29) is 6.10 Å². The van der Waals surface area contributed by atoms with Crippen LogP contribution in [-0.4, -0.2) is 29.3 Å². The van der Waals surface area contributed by atoms with Crippen molar-refractivity contribution >= 4 is 15.9 Å². The molecule has 78 valence electrons. The molecule has 1 unspecified atom stereocenters. The Hall–Kier alpha value is -0.450. The topological polar surface area (TPSA) is 45.1 Å². The highest BCUT2D eigenvalue weighted by Gasteiger charge is 2.05. The van der Waals surface area contributed by atoms with Crippen LogP contribution in [0.25, 0.3) is 0 Å². The number of aliphatic hydroxyl groups excluding tert-OH is 1. The second kappa shape index (κ2) is 6.11. The van der Waals surface area contributed by atoms with Gasteiger partial charge in [-0.3, -0.25) is 4.98 Å². The van der Waals surface area contributed by atoms with Gasteiger partial charge in [0.2, 0.25) is 0 Å². The molecule has 0 fully saturated rings. The lowest BCUT2D eigenvalue weighted by Gasteiger charge is -2.09. The lowest BCUT2D eigenvalue weighted by atomic mass is 10.2. The van der Waals surface area contributed by atoms with Crippen molar-refractivity contribution in [3.8, 4) is 0 Å². The summed E-state index contributed by atoms with van der Waals surface area (Å²) in [5, 5.41) is 12.7. The fraction of sp³-hybridized carbons (Fsp3) is 0.500. The highest BCUT2D eigenvalue weighted by atomic mass is 79.9. The maximum absolute atomic E-state index is 9.59. The molecule has 0 bridgehead atoms. The summed E-state index contributed by atoms with van der Waals surface area (Å²) in [6.07, 6.45) is 1.99. The smallest absolute Gasteiger partial charge is 0.0719 e. The van der Waals surface area contributed by atoms with Crippen LogP contribution in [0.15, 0.2) is 22.8 Å². The van der Waals surface area contributed by atoms with E-state index in [1.54, 1.807) is 6.20 Å². The molecular weight excluding hydrogens is 244 g/mol. The van der Waals surface area contributed by atoms with Gasteiger partial charge in [-0.05, 0) is 34.6 Å². The molecular formula is C10H15BrN2O. The van der Waals surface area contributed by atoms with Crippen molar-refractivity contribution in [2.24, 2.45) is 0 Å². The van der Waals surface area contributed by atoms with Crippen LogP contribution in [-0.2, 0) is 6.42 Å². The third kappa shape index (κ3) is 4.17. The molecule has 0 aromatic carbocycles. The molecule has 1 heterocycles. The number of halogens is 1.